The third kappa shape index (κ3) is 2.38. The Morgan fingerprint density at radius 1 is 1.06 bits per heavy atom. The van der Waals surface area contributed by atoms with Crippen molar-refractivity contribution in [2.45, 2.75) is 6.18 Å². The Kier molecular flexibility index (Phi) is 2.75. The number of aromatic amines is 1. The summed E-state index contributed by atoms with van der Waals surface area (Å²) in [5.74, 6) is 0. The van der Waals surface area contributed by atoms with Crippen LogP contribution in [-0.4, -0.2) is 4.98 Å². The minimum absolute atomic E-state index is 0.109. The van der Waals surface area contributed by atoms with Crippen molar-refractivity contribution in [2.75, 3.05) is 0 Å². The first kappa shape index (κ1) is 11.4. The van der Waals surface area contributed by atoms with Gasteiger partial charge in [0.15, 0.2) is 0 Å². The molecule has 1 aromatic heterocycles. The quantitative estimate of drug-likeness (QED) is 0.815. The molecule has 0 atom stereocenters. The van der Waals surface area contributed by atoms with Crippen LogP contribution in [0.4, 0.5) is 13.2 Å². The van der Waals surface area contributed by atoms with Crippen molar-refractivity contribution >= 4 is 0 Å². The minimum Gasteiger partial charge on any atom is -0.328 e. The Morgan fingerprint density at radius 2 is 1.71 bits per heavy atom. The van der Waals surface area contributed by atoms with Crippen molar-refractivity contribution in [1.82, 2.24) is 4.98 Å². The predicted octanol–water partition coefficient (Wildman–Crippen LogP) is 3.06. The van der Waals surface area contributed by atoms with Gasteiger partial charge >= 0.3 is 6.18 Å². The second-order valence-corrected chi connectivity index (χ2v) is 3.49. The zero-order chi connectivity index (χ0) is 12.5. The zero-order valence-corrected chi connectivity index (χ0v) is 8.58. The van der Waals surface area contributed by atoms with Gasteiger partial charge in [-0.3, -0.25) is 4.79 Å². The number of alkyl halides is 3. The highest BCUT2D eigenvalue weighted by Crippen LogP contribution is 2.35. The van der Waals surface area contributed by atoms with Gasteiger partial charge in [0.2, 0.25) is 5.56 Å². The number of hydrogen-bond donors (Lipinski definition) is 1. The molecule has 0 aliphatic carbocycles. The van der Waals surface area contributed by atoms with Gasteiger partial charge in [-0.15, -0.1) is 0 Å². The van der Waals surface area contributed by atoms with Crippen LogP contribution < -0.4 is 5.56 Å². The number of rotatable bonds is 1. The third-order valence-corrected chi connectivity index (χ3v) is 2.31. The van der Waals surface area contributed by atoms with Crippen LogP contribution in [-0.2, 0) is 6.18 Å². The summed E-state index contributed by atoms with van der Waals surface area (Å²) in [4.78, 5) is 13.2. The maximum absolute atomic E-state index is 12.7. The molecule has 0 unspecified atom stereocenters. The number of hydrogen-bond acceptors (Lipinski definition) is 1. The molecule has 0 bridgehead atoms. The van der Waals surface area contributed by atoms with Crippen molar-refractivity contribution in [1.29, 1.82) is 0 Å². The minimum atomic E-state index is -4.49. The SMILES string of the molecule is O=c1cc(-c2ccccc2)c(C(F)(F)F)c[nH]1. The molecule has 0 saturated heterocycles. The van der Waals surface area contributed by atoms with E-state index < -0.39 is 17.3 Å². The first-order valence-electron chi connectivity index (χ1n) is 4.84. The molecule has 1 aromatic carbocycles. The lowest BCUT2D eigenvalue weighted by Gasteiger charge is -2.11. The van der Waals surface area contributed by atoms with Crippen LogP contribution in [0.2, 0.25) is 0 Å². The molecule has 2 aromatic rings. The molecule has 0 aliphatic heterocycles. The predicted molar refractivity (Wildman–Crippen MR) is 57.5 cm³/mol. The first-order chi connectivity index (χ1) is 7.98. The van der Waals surface area contributed by atoms with E-state index in [0.717, 1.165) is 6.07 Å². The fourth-order valence-electron chi connectivity index (χ4n) is 1.56. The maximum atomic E-state index is 12.7. The van der Waals surface area contributed by atoms with Gasteiger partial charge < -0.3 is 4.98 Å². The maximum Gasteiger partial charge on any atom is 0.418 e. The van der Waals surface area contributed by atoms with Crippen LogP contribution in [0.25, 0.3) is 11.1 Å². The zero-order valence-electron chi connectivity index (χ0n) is 8.58. The van der Waals surface area contributed by atoms with Gasteiger partial charge in [0.1, 0.15) is 0 Å². The fourth-order valence-corrected chi connectivity index (χ4v) is 1.56. The van der Waals surface area contributed by atoms with Crippen molar-refractivity contribution in [3.8, 4) is 11.1 Å². The molecule has 17 heavy (non-hydrogen) atoms. The Bertz CT molecular complexity index is 572. The Balaban J connectivity index is 2.68. The van der Waals surface area contributed by atoms with Crippen molar-refractivity contribution < 1.29 is 13.2 Å². The van der Waals surface area contributed by atoms with E-state index in [1.807, 2.05) is 4.98 Å². The standard InChI is InChI=1S/C12H8F3NO/c13-12(14,15)10-7-16-11(17)6-9(10)8-4-2-1-3-5-8/h1-7H,(H,16,17). The van der Waals surface area contributed by atoms with E-state index in [1.54, 1.807) is 18.2 Å². The molecule has 1 heterocycles. The average Bonchev–Trinajstić information content (AvgIpc) is 2.28. The van der Waals surface area contributed by atoms with Gasteiger partial charge in [-0.25, -0.2) is 0 Å². The second kappa shape index (κ2) is 4.08. The molecule has 2 nitrogen and oxygen atoms in total. The molecule has 1 N–H and O–H groups in total. The van der Waals surface area contributed by atoms with Crippen LogP contribution in [0.5, 0.6) is 0 Å². The summed E-state index contributed by atoms with van der Waals surface area (Å²) in [6.45, 7) is 0. The normalized spacial score (nSPS) is 11.5. The van der Waals surface area contributed by atoms with Crippen LogP contribution in [0.1, 0.15) is 5.56 Å². The number of nitrogens with one attached hydrogen (secondary N) is 1. The van der Waals surface area contributed by atoms with Gasteiger partial charge in [0.25, 0.3) is 0 Å². The second-order valence-electron chi connectivity index (χ2n) is 3.49. The van der Waals surface area contributed by atoms with Crippen LogP contribution in [0.3, 0.4) is 0 Å². The molecule has 2 rings (SSSR count). The van der Waals surface area contributed by atoms with Crippen LogP contribution in [0, 0.1) is 0 Å². The molecule has 88 valence electrons. The van der Waals surface area contributed by atoms with Crippen molar-refractivity contribution in [3.63, 3.8) is 0 Å². The third-order valence-electron chi connectivity index (χ3n) is 2.31. The highest BCUT2D eigenvalue weighted by atomic mass is 19.4. The van der Waals surface area contributed by atoms with E-state index in [0.29, 0.717) is 11.8 Å². The topological polar surface area (TPSA) is 32.9 Å². The number of halogens is 3. The molecule has 0 spiro atoms. The summed E-state index contributed by atoms with van der Waals surface area (Å²) >= 11 is 0. The van der Waals surface area contributed by atoms with E-state index in [2.05, 4.69) is 0 Å². The summed E-state index contributed by atoms with van der Waals surface area (Å²) < 4.78 is 38.2. The smallest absolute Gasteiger partial charge is 0.328 e. The lowest BCUT2D eigenvalue weighted by molar-refractivity contribution is -0.137. The molecule has 0 aliphatic rings. The lowest BCUT2D eigenvalue weighted by Crippen LogP contribution is -2.13. The summed E-state index contributed by atoms with van der Waals surface area (Å²) in [5.41, 5.74) is -1.15. The van der Waals surface area contributed by atoms with Gasteiger partial charge in [-0.1, -0.05) is 30.3 Å². The molecule has 0 amide bonds. The average molecular weight is 239 g/mol. The monoisotopic (exact) mass is 239 g/mol. The molecule has 0 saturated carbocycles. The molecule has 0 radical (unpaired) electrons. The molecular weight excluding hydrogens is 231 g/mol. The largest absolute Gasteiger partial charge is 0.418 e. The molecule has 0 fully saturated rings. The van der Waals surface area contributed by atoms with E-state index in [4.69, 9.17) is 0 Å². The van der Waals surface area contributed by atoms with Crippen LogP contribution >= 0.6 is 0 Å². The highest BCUT2D eigenvalue weighted by Gasteiger charge is 2.34. The van der Waals surface area contributed by atoms with Gasteiger partial charge in [0, 0.05) is 17.8 Å². The van der Waals surface area contributed by atoms with E-state index in [1.165, 1.54) is 12.1 Å². The van der Waals surface area contributed by atoms with E-state index >= 15 is 0 Å². The number of pyridine rings is 1. The lowest BCUT2D eigenvalue weighted by atomic mass is 10.0. The number of H-pyrrole nitrogens is 1. The van der Waals surface area contributed by atoms with Crippen molar-refractivity contribution in [3.05, 3.63) is 58.5 Å². The summed E-state index contributed by atoms with van der Waals surface area (Å²) in [5, 5.41) is 0. The summed E-state index contributed by atoms with van der Waals surface area (Å²) in [6.07, 6.45) is -3.79. The van der Waals surface area contributed by atoms with Gasteiger partial charge in [-0.05, 0) is 5.56 Å². The van der Waals surface area contributed by atoms with E-state index in [-0.39, 0.29) is 5.56 Å². The fraction of sp³-hybridized carbons (Fsp3) is 0.0833. The molecular formula is C12H8F3NO. The summed E-state index contributed by atoms with van der Waals surface area (Å²) in [7, 11) is 0. The highest BCUT2D eigenvalue weighted by molar-refractivity contribution is 5.67. The first-order valence-corrected chi connectivity index (χ1v) is 4.84. The van der Waals surface area contributed by atoms with Crippen LogP contribution in [0.15, 0.2) is 47.4 Å². The number of aromatic nitrogens is 1. The molecule has 5 heteroatoms. The van der Waals surface area contributed by atoms with Gasteiger partial charge in [-0.2, -0.15) is 13.2 Å². The van der Waals surface area contributed by atoms with Gasteiger partial charge in [0.05, 0.1) is 5.56 Å². The van der Waals surface area contributed by atoms with E-state index in [9.17, 15) is 18.0 Å². The number of benzene rings is 1. The summed E-state index contributed by atoms with van der Waals surface area (Å²) in [6, 6.07) is 8.96. The van der Waals surface area contributed by atoms with Crippen molar-refractivity contribution in [2.24, 2.45) is 0 Å². The Morgan fingerprint density at radius 3 is 2.29 bits per heavy atom. The Hall–Kier alpha value is -2.04. The Labute approximate surface area is 94.7 Å².